The molecule has 4 rings (SSSR count). The SMILES string of the molecule is COc1cc(F)ccc1Oc1c(Cl)nc(-c2ncccn2)nc1NS(=O)(=O)c1ccc(C(C)(C)C)cc1. The van der Waals surface area contributed by atoms with Crippen LogP contribution in [-0.4, -0.2) is 35.5 Å². The molecule has 2 heterocycles. The molecule has 0 aliphatic rings. The Morgan fingerprint density at radius 2 is 1.62 bits per heavy atom. The zero-order valence-electron chi connectivity index (χ0n) is 20.4. The number of methoxy groups -OCH3 is 1. The minimum Gasteiger partial charge on any atom is -0.493 e. The first-order chi connectivity index (χ1) is 17.5. The van der Waals surface area contributed by atoms with E-state index in [1.54, 1.807) is 18.2 Å². The van der Waals surface area contributed by atoms with Crippen molar-refractivity contribution in [3.8, 4) is 28.9 Å². The van der Waals surface area contributed by atoms with Crippen LogP contribution in [0.25, 0.3) is 11.6 Å². The lowest BCUT2D eigenvalue weighted by atomic mass is 9.87. The quantitative estimate of drug-likeness (QED) is 0.298. The minimum atomic E-state index is -4.14. The summed E-state index contributed by atoms with van der Waals surface area (Å²) in [6.45, 7) is 6.08. The first kappa shape index (κ1) is 26.2. The van der Waals surface area contributed by atoms with Crippen molar-refractivity contribution in [2.45, 2.75) is 31.1 Å². The number of benzene rings is 2. The number of hydrogen-bond acceptors (Lipinski definition) is 8. The van der Waals surface area contributed by atoms with E-state index in [0.717, 1.165) is 17.7 Å². The van der Waals surface area contributed by atoms with Crippen molar-refractivity contribution in [2.75, 3.05) is 11.8 Å². The van der Waals surface area contributed by atoms with Crippen LogP contribution in [0.2, 0.25) is 5.15 Å². The largest absolute Gasteiger partial charge is 0.493 e. The summed E-state index contributed by atoms with van der Waals surface area (Å²) >= 11 is 6.43. The molecule has 0 radical (unpaired) electrons. The summed E-state index contributed by atoms with van der Waals surface area (Å²) < 4.78 is 53.8. The zero-order valence-corrected chi connectivity index (χ0v) is 21.9. The van der Waals surface area contributed by atoms with Crippen LogP contribution in [0.1, 0.15) is 26.3 Å². The predicted octanol–water partition coefficient (Wildman–Crippen LogP) is 5.63. The van der Waals surface area contributed by atoms with Crippen molar-refractivity contribution in [3.63, 3.8) is 0 Å². The molecule has 0 atom stereocenters. The van der Waals surface area contributed by atoms with Gasteiger partial charge in [-0.2, -0.15) is 0 Å². The molecule has 0 aliphatic heterocycles. The molecule has 0 saturated carbocycles. The van der Waals surface area contributed by atoms with Gasteiger partial charge in [-0.05, 0) is 41.3 Å². The highest BCUT2D eigenvalue weighted by molar-refractivity contribution is 7.92. The number of nitrogens with one attached hydrogen (secondary N) is 1. The molecule has 0 spiro atoms. The molecule has 0 unspecified atom stereocenters. The van der Waals surface area contributed by atoms with E-state index in [-0.39, 0.29) is 50.2 Å². The molecule has 0 amide bonds. The molecular formula is C25H23ClFN5O4S. The van der Waals surface area contributed by atoms with Gasteiger partial charge < -0.3 is 9.47 Å². The van der Waals surface area contributed by atoms with Gasteiger partial charge in [0.25, 0.3) is 10.0 Å². The van der Waals surface area contributed by atoms with Crippen LogP contribution < -0.4 is 14.2 Å². The second kappa shape index (κ2) is 10.3. The van der Waals surface area contributed by atoms with E-state index in [0.29, 0.717) is 0 Å². The average Bonchev–Trinajstić information content (AvgIpc) is 2.86. The van der Waals surface area contributed by atoms with Gasteiger partial charge in [0.05, 0.1) is 12.0 Å². The van der Waals surface area contributed by atoms with E-state index < -0.39 is 15.8 Å². The van der Waals surface area contributed by atoms with E-state index in [1.165, 1.54) is 37.7 Å². The lowest BCUT2D eigenvalue weighted by Gasteiger charge is -2.19. The maximum absolute atomic E-state index is 13.7. The van der Waals surface area contributed by atoms with Gasteiger partial charge in [0.2, 0.25) is 11.6 Å². The maximum atomic E-state index is 13.7. The monoisotopic (exact) mass is 543 g/mol. The first-order valence-corrected chi connectivity index (χ1v) is 12.8. The normalized spacial score (nSPS) is 11.7. The van der Waals surface area contributed by atoms with Crippen LogP contribution in [0.5, 0.6) is 17.2 Å². The highest BCUT2D eigenvalue weighted by Gasteiger charge is 2.25. The number of rotatable bonds is 7. The van der Waals surface area contributed by atoms with Crippen molar-refractivity contribution in [1.82, 2.24) is 19.9 Å². The highest BCUT2D eigenvalue weighted by Crippen LogP contribution is 2.40. The Hall–Kier alpha value is -3.83. The Bertz CT molecular complexity index is 1530. The standard InChI is InChI=1S/C25H23ClFN5O4S/c1-25(2,3)15-6-9-17(10-7-15)37(33,34)32-22-20(36-18-11-8-16(27)14-19(18)35-4)21(26)30-24(31-22)23-28-12-5-13-29-23/h5-14H,1-4H3,(H,30,31,32). The van der Waals surface area contributed by atoms with Gasteiger partial charge in [0.1, 0.15) is 5.82 Å². The third-order valence-corrected chi connectivity index (χ3v) is 6.80. The molecule has 0 saturated heterocycles. The fourth-order valence-corrected chi connectivity index (χ4v) is 4.47. The Morgan fingerprint density at radius 1 is 0.946 bits per heavy atom. The predicted molar refractivity (Wildman–Crippen MR) is 137 cm³/mol. The second-order valence-corrected chi connectivity index (χ2v) is 10.9. The molecule has 1 N–H and O–H groups in total. The summed E-state index contributed by atoms with van der Waals surface area (Å²) in [6, 6.07) is 11.6. The van der Waals surface area contributed by atoms with Crippen molar-refractivity contribution >= 4 is 27.4 Å². The van der Waals surface area contributed by atoms with E-state index in [4.69, 9.17) is 21.1 Å². The fraction of sp³-hybridized carbons (Fsp3) is 0.200. The first-order valence-electron chi connectivity index (χ1n) is 11.0. The topological polar surface area (TPSA) is 116 Å². The Balaban J connectivity index is 1.80. The van der Waals surface area contributed by atoms with Crippen LogP contribution in [0.4, 0.5) is 10.2 Å². The molecule has 192 valence electrons. The Kier molecular flexibility index (Phi) is 7.28. The van der Waals surface area contributed by atoms with E-state index in [2.05, 4.69) is 24.7 Å². The average molecular weight is 544 g/mol. The summed E-state index contributed by atoms with van der Waals surface area (Å²) in [7, 11) is -2.81. The van der Waals surface area contributed by atoms with Gasteiger partial charge in [0.15, 0.2) is 28.3 Å². The van der Waals surface area contributed by atoms with Gasteiger partial charge in [-0.15, -0.1) is 0 Å². The molecule has 4 aromatic rings. The molecule has 12 heteroatoms. The van der Waals surface area contributed by atoms with Gasteiger partial charge in [-0.3, -0.25) is 4.72 Å². The summed E-state index contributed by atoms with van der Waals surface area (Å²) in [5.41, 5.74) is 0.808. The fourth-order valence-electron chi connectivity index (χ4n) is 3.25. The number of halogens is 2. The number of hydrogen-bond donors (Lipinski definition) is 1. The van der Waals surface area contributed by atoms with Gasteiger partial charge in [-0.1, -0.05) is 44.5 Å². The summed E-state index contributed by atoms with van der Waals surface area (Å²) in [6.07, 6.45) is 2.96. The zero-order chi connectivity index (χ0) is 26.8. The maximum Gasteiger partial charge on any atom is 0.263 e. The van der Waals surface area contributed by atoms with Crippen LogP contribution in [0.3, 0.4) is 0 Å². The van der Waals surface area contributed by atoms with Crippen molar-refractivity contribution < 1.29 is 22.3 Å². The molecule has 2 aromatic heterocycles. The lowest BCUT2D eigenvalue weighted by Crippen LogP contribution is -2.17. The van der Waals surface area contributed by atoms with Gasteiger partial charge in [-0.25, -0.2) is 32.7 Å². The summed E-state index contributed by atoms with van der Waals surface area (Å²) in [5, 5.41) is -0.232. The van der Waals surface area contributed by atoms with E-state index >= 15 is 0 Å². The Morgan fingerprint density at radius 3 is 2.24 bits per heavy atom. The lowest BCUT2D eigenvalue weighted by molar-refractivity contribution is 0.375. The smallest absolute Gasteiger partial charge is 0.263 e. The molecular weight excluding hydrogens is 521 g/mol. The van der Waals surface area contributed by atoms with Crippen LogP contribution in [0, 0.1) is 5.82 Å². The van der Waals surface area contributed by atoms with Gasteiger partial charge >= 0.3 is 0 Å². The number of anilines is 1. The second-order valence-electron chi connectivity index (χ2n) is 8.87. The van der Waals surface area contributed by atoms with Crippen molar-refractivity contribution in [1.29, 1.82) is 0 Å². The summed E-state index contributed by atoms with van der Waals surface area (Å²) in [5.74, 6) is -0.848. The summed E-state index contributed by atoms with van der Waals surface area (Å²) in [4.78, 5) is 16.6. The molecule has 0 aliphatic carbocycles. The van der Waals surface area contributed by atoms with Crippen molar-refractivity contribution in [2.24, 2.45) is 0 Å². The number of aromatic nitrogens is 4. The molecule has 9 nitrogen and oxygen atoms in total. The van der Waals surface area contributed by atoms with Crippen LogP contribution in [-0.2, 0) is 15.4 Å². The molecule has 0 fully saturated rings. The third kappa shape index (κ3) is 5.95. The molecule has 0 bridgehead atoms. The number of nitrogens with zero attached hydrogens (tertiary/aromatic N) is 4. The van der Waals surface area contributed by atoms with Crippen LogP contribution in [0.15, 0.2) is 65.8 Å². The third-order valence-electron chi connectivity index (χ3n) is 5.19. The van der Waals surface area contributed by atoms with E-state index in [9.17, 15) is 12.8 Å². The van der Waals surface area contributed by atoms with Crippen molar-refractivity contribution in [3.05, 3.63) is 77.5 Å². The Labute approximate surface area is 218 Å². The number of ether oxygens (including phenoxy) is 2. The molecule has 37 heavy (non-hydrogen) atoms. The highest BCUT2D eigenvalue weighted by atomic mass is 35.5. The molecule has 2 aromatic carbocycles. The van der Waals surface area contributed by atoms with Crippen LogP contribution >= 0.6 is 11.6 Å². The van der Waals surface area contributed by atoms with E-state index in [1.807, 2.05) is 20.8 Å². The number of sulfonamides is 1. The minimum absolute atomic E-state index is 0.00180. The van der Waals surface area contributed by atoms with Gasteiger partial charge in [0, 0.05) is 18.5 Å².